The lowest BCUT2D eigenvalue weighted by molar-refractivity contribution is -0.120. The van der Waals surface area contributed by atoms with Gasteiger partial charge in [-0.1, -0.05) is 23.7 Å². The molecule has 18 heavy (non-hydrogen) atoms. The number of amides is 1. The second-order valence-corrected chi connectivity index (χ2v) is 4.09. The first-order valence-electron chi connectivity index (χ1n) is 5.32. The van der Waals surface area contributed by atoms with Gasteiger partial charge in [-0.05, 0) is 23.8 Å². The highest BCUT2D eigenvalue weighted by Crippen LogP contribution is 2.09. The molecule has 0 spiro atoms. The molecule has 92 valence electrons. The predicted molar refractivity (Wildman–Crippen MR) is 69.6 cm³/mol. The Hall–Kier alpha value is -2.07. The van der Waals surface area contributed by atoms with Crippen LogP contribution in [0.15, 0.2) is 52.4 Å². The molecule has 2 rings (SSSR count). The van der Waals surface area contributed by atoms with Gasteiger partial charge < -0.3 is 4.42 Å². The maximum absolute atomic E-state index is 11.5. The van der Waals surface area contributed by atoms with Crippen molar-refractivity contribution in [2.75, 3.05) is 0 Å². The first kappa shape index (κ1) is 12.4. The lowest BCUT2D eigenvalue weighted by Gasteiger charge is -2.00. The third kappa shape index (κ3) is 3.75. The van der Waals surface area contributed by atoms with Crippen LogP contribution >= 0.6 is 11.6 Å². The molecule has 1 aromatic heterocycles. The van der Waals surface area contributed by atoms with E-state index >= 15 is 0 Å². The molecule has 2 aromatic rings. The maximum Gasteiger partial charge on any atom is 0.244 e. The summed E-state index contributed by atoms with van der Waals surface area (Å²) in [7, 11) is 0. The summed E-state index contributed by atoms with van der Waals surface area (Å²) in [6, 6.07) is 8.86. The van der Waals surface area contributed by atoms with Crippen LogP contribution in [-0.4, -0.2) is 12.1 Å². The van der Waals surface area contributed by atoms with Gasteiger partial charge in [0.15, 0.2) is 0 Å². The van der Waals surface area contributed by atoms with Crippen molar-refractivity contribution in [1.82, 2.24) is 5.43 Å². The zero-order valence-electron chi connectivity index (χ0n) is 9.47. The van der Waals surface area contributed by atoms with Crippen LogP contribution in [0.5, 0.6) is 0 Å². The summed E-state index contributed by atoms with van der Waals surface area (Å²) in [6.45, 7) is 0. The summed E-state index contributed by atoms with van der Waals surface area (Å²) < 4.78 is 4.86. The third-order valence-corrected chi connectivity index (χ3v) is 2.48. The van der Waals surface area contributed by atoms with Gasteiger partial charge in [-0.15, -0.1) is 0 Å². The molecule has 0 fully saturated rings. The SMILES string of the molecule is O=C(Cc1ccc(Cl)cc1)NN=Cc1ccoc1. The highest BCUT2D eigenvalue weighted by molar-refractivity contribution is 6.30. The van der Waals surface area contributed by atoms with E-state index in [1.807, 2.05) is 12.1 Å². The number of halogens is 1. The second kappa shape index (κ2) is 6.02. The topological polar surface area (TPSA) is 54.6 Å². The van der Waals surface area contributed by atoms with Gasteiger partial charge in [0.05, 0.1) is 25.2 Å². The van der Waals surface area contributed by atoms with E-state index in [0.29, 0.717) is 5.02 Å². The summed E-state index contributed by atoms with van der Waals surface area (Å²) in [6.07, 6.45) is 4.86. The van der Waals surface area contributed by atoms with E-state index in [2.05, 4.69) is 10.5 Å². The van der Waals surface area contributed by atoms with Crippen molar-refractivity contribution in [3.05, 3.63) is 59.0 Å². The van der Waals surface area contributed by atoms with Crippen LogP contribution in [0, 0.1) is 0 Å². The highest BCUT2D eigenvalue weighted by atomic mass is 35.5. The molecular formula is C13H11ClN2O2. The molecule has 0 atom stereocenters. The van der Waals surface area contributed by atoms with Crippen LogP contribution in [0.25, 0.3) is 0 Å². The molecular weight excluding hydrogens is 252 g/mol. The number of hydrogen-bond donors (Lipinski definition) is 1. The van der Waals surface area contributed by atoms with Gasteiger partial charge in [0.1, 0.15) is 0 Å². The Morgan fingerprint density at radius 1 is 1.33 bits per heavy atom. The molecule has 0 saturated carbocycles. The summed E-state index contributed by atoms with van der Waals surface area (Å²) in [5.41, 5.74) is 4.12. The van der Waals surface area contributed by atoms with Crippen LogP contribution in [0.4, 0.5) is 0 Å². The van der Waals surface area contributed by atoms with Crippen LogP contribution in [0.1, 0.15) is 11.1 Å². The quantitative estimate of drug-likeness (QED) is 0.680. The monoisotopic (exact) mass is 262 g/mol. The lowest BCUT2D eigenvalue weighted by atomic mass is 10.1. The third-order valence-electron chi connectivity index (χ3n) is 2.22. The molecule has 5 heteroatoms. The Kier molecular flexibility index (Phi) is 4.15. The van der Waals surface area contributed by atoms with Crippen molar-refractivity contribution in [1.29, 1.82) is 0 Å². The summed E-state index contributed by atoms with van der Waals surface area (Å²) in [5, 5.41) is 4.47. The zero-order valence-corrected chi connectivity index (χ0v) is 10.2. The van der Waals surface area contributed by atoms with Crippen molar-refractivity contribution in [3.8, 4) is 0 Å². The largest absolute Gasteiger partial charge is 0.472 e. The van der Waals surface area contributed by atoms with Crippen LogP contribution in [0.2, 0.25) is 5.02 Å². The average molecular weight is 263 g/mol. The van der Waals surface area contributed by atoms with Crippen molar-refractivity contribution in [2.45, 2.75) is 6.42 Å². The number of hydrogen-bond acceptors (Lipinski definition) is 3. The Bertz CT molecular complexity index is 533. The molecule has 1 heterocycles. The molecule has 1 amide bonds. The van der Waals surface area contributed by atoms with E-state index in [4.69, 9.17) is 16.0 Å². The Morgan fingerprint density at radius 2 is 2.11 bits per heavy atom. The number of rotatable bonds is 4. The van der Waals surface area contributed by atoms with E-state index < -0.39 is 0 Å². The number of nitrogens with zero attached hydrogens (tertiary/aromatic N) is 1. The van der Waals surface area contributed by atoms with Crippen molar-refractivity contribution < 1.29 is 9.21 Å². The number of carbonyl (C=O) groups is 1. The second-order valence-electron chi connectivity index (χ2n) is 3.65. The molecule has 0 saturated heterocycles. The minimum absolute atomic E-state index is 0.183. The van der Waals surface area contributed by atoms with E-state index in [-0.39, 0.29) is 12.3 Å². The smallest absolute Gasteiger partial charge is 0.244 e. The van der Waals surface area contributed by atoms with Crippen LogP contribution in [0.3, 0.4) is 0 Å². The van der Waals surface area contributed by atoms with Gasteiger partial charge in [-0.25, -0.2) is 5.43 Å². The van der Waals surface area contributed by atoms with Gasteiger partial charge in [0.2, 0.25) is 5.91 Å². The number of carbonyl (C=O) groups excluding carboxylic acids is 1. The van der Waals surface area contributed by atoms with Crippen molar-refractivity contribution in [3.63, 3.8) is 0 Å². The molecule has 0 radical (unpaired) electrons. The van der Waals surface area contributed by atoms with E-state index in [1.54, 1.807) is 18.2 Å². The number of nitrogens with one attached hydrogen (secondary N) is 1. The Morgan fingerprint density at radius 3 is 2.78 bits per heavy atom. The van der Waals surface area contributed by atoms with Crippen molar-refractivity contribution in [2.24, 2.45) is 5.10 Å². The molecule has 0 unspecified atom stereocenters. The molecule has 0 bridgehead atoms. The standard InChI is InChI=1S/C13H11ClN2O2/c14-12-3-1-10(2-4-12)7-13(17)16-15-8-11-5-6-18-9-11/h1-6,8-9H,7H2,(H,16,17). The van der Waals surface area contributed by atoms with E-state index in [9.17, 15) is 4.79 Å². The molecule has 1 aromatic carbocycles. The van der Waals surface area contributed by atoms with E-state index in [0.717, 1.165) is 11.1 Å². The van der Waals surface area contributed by atoms with Gasteiger partial charge in [-0.2, -0.15) is 5.10 Å². The lowest BCUT2D eigenvalue weighted by Crippen LogP contribution is -2.19. The fraction of sp³-hybridized carbons (Fsp3) is 0.0769. The molecule has 0 aliphatic rings. The zero-order chi connectivity index (χ0) is 12.8. The number of furan rings is 1. The van der Waals surface area contributed by atoms with Crippen LogP contribution in [-0.2, 0) is 11.2 Å². The molecule has 4 nitrogen and oxygen atoms in total. The Balaban J connectivity index is 1.84. The van der Waals surface area contributed by atoms with Gasteiger partial charge in [-0.3, -0.25) is 4.79 Å². The van der Waals surface area contributed by atoms with Gasteiger partial charge in [0.25, 0.3) is 0 Å². The Labute approximate surface area is 109 Å². The number of benzene rings is 1. The summed E-state index contributed by atoms with van der Waals surface area (Å²) in [4.78, 5) is 11.5. The fourth-order valence-electron chi connectivity index (χ4n) is 1.35. The molecule has 0 aliphatic heterocycles. The first-order chi connectivity index (χ1) is 8.74. The van der Waals surface area contributed by atoms with Gasteiger partial charge in [0, 0.05) is 10.6 Å². The minimum Gasteiger partial charge on any atom is -0.472 e. The minimum atomic E-state index is -0.183. The van der Waals surface area contributed by atoms with Crippen LogP contribution < -0.4 is 5.43 Å². The fourth-order valence-corrected chi connectivity index (χ4v) is 1.48. The maximum atomic E-state index is 11.5. The van der Waals surface area contributed by atoms with E-state index in [1.165, 1.54) is 18.7 Å². The average Bonchev–Trinajstić information content (AvgIpc) is 2.85. The van der Waals surface area contributed by atoms with Crippen molar-refractivity contribution >= 4 is 23.7 Å². The highest BCUT2D eigenvalue weighted by Gasteiger charge is 2.01. The molecule has 1 N–H and O–H groups in total. The summed E-state index contributed by atoms with van der Waals surface area (Å²) in [5.74, 6) is -0.183. The first-order valence-corrected chi connectivity index (χ1v) is 5.70. The predicted octanol–water partition coefficient (Wildman–Crippen LogP) is 2.63. The van der Waals surface area contributed by atoms with Gasteiger partial charge >= 0.3 is 0 Å². The normalized spacial score (nSPS) is 10.7. The number of hydrazone groups is 1. The molecule has 0 aliphatic carbocycles. The summed E-state index contributed by atoms with van der Waals surface area (Å²) >= 11 is 5.76.